The number of primary amides is 1. The van der Waals surface area contributed by atoms with Crippen LogP contribution in [0.2, 0.25) is 0 Å². The molecule has 114 valence electrons. The summed E-state index contributed by atoms with van der Waals surface area (Å²) in [6.45, 7) is 0.398. The fourth-order valence-electron chi connectivity index (χ4n) is 1.85. The summed E-state index contributed by atoms with van der Waals surface area (Å²) in [4.78, 5) is 30.7. The zero-order chi connectivity index (χ0) is 15.9. The molecule has 5 N–H and O–H groups in total. The molecule has 0 unspecified atom stereocenters. The van der Waals surface area contributed by atoms with Crippen molar-refractivity contribution in [2.75, 3.05) is 5.73 Å². The minimum absolute atomic E-state index is 0.0886. The molecule has 0 aliphatic rings. The molecule has 2 heterocycles. The molecule has 0 spiro atoms. The molecule has 0 atom stereocenters. The Hall–Kier alpha value is -2.96. The summed E-state index contributed by atoms with van der Waals surface area (Å²) in [7, 11) is 0. The molecule has 2 rings (SSSR count). The molecule has 0 aromatic carbocycles. The Morgan fingerprint density at radius 2 is 1.95 bits per heavy atom. The zero-order valence-corrected chi connectivity index (χ0v) is 12.0. The number of amides is 2. The number of hydrogen-bond acceptors (Lipinski definition) is 5. The summed E-state index contributed by atoms with van der Waals surface area (Å²) in [5.74, 6) is -0.227. The maximum Gasteiger partial charge on any atom is 0.267 e. The molecule has 2 aromatic heterocycles. The summed E-state index contributed by atoms with van der Waals surface area (Å²) in [5.41, 5.74) is 12.6. The van der Waals surface area contributed by atoms with E-state index in [1.807, 2.05) is 6.07 Å². The minimum Gasteiger partial charge on any atom is -0.384 e. The number of pyridine rings is 2. The minimum atomic E-state index is -0.581. The highest BCUT2D eigenvalue weighted by molar-refractivity contribution is 5.90. The topological polar surface area (TPSA) is 124 Å². The number of aromatic nitrogens is 2. The lowest BCUT2D eigenvalue weighted by molar-refractivity contribution is -0.121. The van der Waals surface area contributed by atoms with Crippen LogP contribution in [-0.4, -0.2) is 21.8 Å². The Labute approximate surface area is 127 Å². The average Bonchev–Trinajstić information content (AvgIpc) is 2.52. The summed E-state index contributed by atoms with van der Waals surface area (Å²) >= 11 is 0. The van der Waals surface area contributed by atoms with Crippen LogP contribution in [0.25, 0.3) is 0 Å². The molecule has 0 bridgehead atoms. The number of nitrogens with zero attached hydrogens (tertiary/aromatic N) is 2. The van der Waals surface area contributed by atoms with Gasteiger partial charge in [0.2, 0.25) is 5.91 Å². The predicted octanol–water partition coefficient (Wildman–Crippen LogP) is 0.407. The number of hydrogen-bond donors (Lipinski definition) is 3. The van der Waals surface area contributed by atoms with E-state index >= 15 is 0 Å². The first kappa shape index (κ1) is 15.4. The third kappa shape index (κ3) is 4.55. The van der Waals surface area contributed by atoms with Crippen LogP contribution >= 0.6 is 0 Å². The molecule has 22 heavy (non-hydrogen) atoms. The number of carbonyl (C=O) groups is 2. The second-order valence-corrected chi connectivity index (χ2v) is 4.78. The van der Waals surface area contributed by atoms with Crippen LogP contribution in [-0.2, 0) is 17.8 Å². The SMILES string of the molecule is NC(=O)c1cc(CCC(=O)NCc2ccc(N)nc2)ccn1. The molecular formula is C15H17N5O2. The standard InChI is InChI=1S/C15H17N5O2/c16-13-3-1-11(8-19-13)9-20-14(21)4-2-10-5-6-18-12(7-10)15(17)22/h1,3,5-8H,2,4,9H2,(H2,16,19)(H2,17,22)(H,20,21). The molecule has 0 aliphatic heterocycles. The Morgan fingerprint density at radius 3 is 2.64 bits per heavy atom. The smallest absolute Gasteiger partial charge is 0.267 e. The van der Waals surface area contributed by atoms with Crippen LogP contribution < -0.4 is 16.8 Å². The van der Waals surface area contributed by atoms with Crippen molar-refractivity contribution in [3.63, 3.8) is 0 Å². The highest BCUT2D eigenvalue weighted by atomic mass is 16.2. The van der Waals surface area contributed by atoms with E-state index in [2.05, 4.69) is 15.3 Å². The highest BCUT2D eigenvalue weighted by Gasteiger charge is 2.06. The Kier molecular flexibility index (Phi) is 5.02. The van der Waals surface area contributed by atoms with Gasteiger partial charge < -0.3 is 16.8 Å². The maximum atomic E-state index is 11.8. The number of nitrogen functional groups attached to an aromatic ring is 1. The number of nitrogens with two attached hydrogens (primary N) is 2. The fraction of sp³-hybridized carbons (Fsp3) is 0.200. The lowest BCUT2D eigenvalue weighted by Gasteiger charge is -2.06. The van der Waals surface area contributed by atoms with E-state index in [4.69, 9.17) is 11.5 Å². The first-order valence-corrected chi connectivity index (χ1v) is 6.76. The maximum absolute atomic E-state index is 11.8. The molecular weight excluding hydrogens is 282 g/mol. The second kappa shape index (κ2) is 7.16. The summed E-state index contributed by atoms with van der Waals surface area (Å²) < 4.78 is 0. The van der Waals surface area contributed by atoms with E-state index in [0.29, 0.717) is 25.2 Å². The van der Waals surface area contributed by atoms with Gasteiger partial charge in [0.1, 0.15) is 11.5 Å². The van der Waals surface area contributed by atoms with Gasteiger partial charge in [-0.2, -0.15) is 0 Å². The van der Waals surface area contributed by atoms with Crippen LogP contribution in [0.1, 0.15) is 28.0 Å². The number of rotatable bonds is 6. The molecule has 0 aliphatic carbocycles. The first-order chi connectivity index (χ1) is 10.5. The molecule has 2 aromatic rings. The van der Waals surface area contributed by atoms with Gasteiger partial charge in [0.25, 0.3) is 5.91 Å². The molecule has 0 fully saturated rings. The quantitative estimate of drug-likeness (QED) is 0.712. The van der Waals surface area contributed by atoms with Gasteiger partial charge in [-0.15, -0.1) is 0 Å². The van der Waals surface area contributed by atoms with Crippen molar-refractivity contribution in [1.82, 2.24) is 15.3 Å². The Morgan fingerprint density at radius 1 is 1.14 bits per heavy atom. The third-order valence-corrected chi connectivity index (χ3v) is 3.05. The van der Waals surface area contributed by atoms with Gasteiger partial charge >= 0.3 is 0 Å². The lowest BCUT2D eigenvalue weighted by atomic mass is 10.1. The summed E-state index contributed by atoms with van der Waals surface area (Å²) in [5, 5.41) is 2.80. The van der Waals surface area contributed by atoms with Crippen LogP contribution in [0, 0.1) is 0 Å². The molecule has 0 saturated heterocycles. The monoisotopic (exact) mass is 299 g/mol. The van der Waals surface area contributed by atoms with E-state index < -0.39 is 5.91 Å². The van der Waals surface area contributed by atoms with E-state index in [-0.39, 0.29) is 11.6 Å². The average molecular weight is 299 g/mol. The highest BCUT2D eigenvalue weighted by Crippen LogP contribution is 2.05. The van der Waals surface area contributed by atoms with Crippen LogP contribution in [0.5, 0.6) is 0 Å². The zero-order valence-electron chi connectivity index (χ0n) is 12.0. The number of aryl methyl sites for hydroxylation is 1. The molecule has 0 radical (unpaired) electrons. The van der Waals surface area contributed by atoms with Gasteiger partial charge in [-0.1, -0.05) is 6.07 Å². The molecule has 7 heteroatoms. The van der Waals surface area contributed by atoms with Gasteiger partial charge in [-0.25, -0.2) is 4.98 Å². The molecule has 0 saturated carbocycles. The third-order valence-electron chi connectivity index (χ3n) is 3.05. The van der Waals surface area contributed by atoms with Crippen molar-refractivity contribution in [3.05, 3.63) is 53.5 Å². The van der Waals surface area contributed by atoms with Crippen LogP contribution in [0.15, 0.2) is 36.7 Å². The summed E-state index contributed by atoms with van der Waals surface area (Å²) in [6, 6.07) is 6.84. The Bertz CT molecular complexity index is 670. The van der Waals surface area contributed by atoms with E-state index in [0.717, 1.165) is 11.1 Å². The molecule has 7 nitrogen and oxygen atoms in total. The van der Waals surface area contributed by atoms with Gasteiger partial charge in [0.15, 0.2) is 0 Å². The van der Waals surface area contributed by atoms with Crippen molar-refractivity contribution in [2.24, 2.45) is 5.73 Å². The predicted molar refractivity (Wildman–Crippen MR) is 81.6 cm³/mol. The van der Waals surface area contributed by atoms with Crippen molar-refractivity contribution in [2.45, 2.75) is 19.4 Å². The van der Waals surface area contributed by atoms with Crippen LogP contribution in [0.3, 0.4) is 0 Å². The lowest BCUT2D eigenvalue weighted by Crippen LogP contribution is -2.23. The normalized spacial score (nSPS) is 10.2. The van der Waals surface area contributed by atoms with E-state index in [1.165, 1.54) is 6.20 Å². The number of anilines is 1. The van der Waals surface area contributed by atoms with Crippen LogP contribution in [0.4, 0.5) is 5.82 Å². The van der Waals surface area contributed by atoms with Crippen molar-refractivity contribution in [3.8, 4) is 0 Å². The fourth-order valence-corrected chi connectivity index (χ4v) is 1.85. The Balaban J connectivity index is 1.81. The van der Waals surface area contributed by atoms with Crippen molar-refractivity contribution < 1.29 is 9.59 Å². The number of nitrogens with one attached hydrogen (secondary N) is 1. The van der Waals surface area contributed by atoms with Gasteiger partial charge in [0.05, 0.1) is 0 Å². The van der Waals surface area contributed by atoms with Crippen molar-refractivity contribution in [1.29, 1.82) is 0 Å². The second-order valence-electron chi connectivity index (χ2n) is 4.78. The van der Waals surface area contributed by atoms with E-state index in [9.17, 15) is 9.59 Å². The number of carbonyl (C=O) groups excluding carboxylic acids is 2. The van der Waals surface area contributed by atoms with Gasteiger partial charge in [-0.05, 0) is 35.7 Å². The first-order valence-electron chi connectivity index (χ1n) is 6.76. The van der Waals surface area contributed by atoms with E-state index in [1.54, 1.807) is 24.4 Å². The van der Waals surface area contributed by atoms with Gasteiger partial charge in [-0.3, -0.25) is 14.6 Å². The van der Waals surface area contributed by atoms with Gasteiger partial charge in [0, 0.05) is 25.4 Å². The summed E-state index contributed by atoms with van der Waals surface area (Å²) in [6.07, 6.45) is 3.95. The van der Waals surface area contributed by atoms with Crippen molar-refractivity contribution >= 4 is 17.6 Å². The molecule has 2 amide bonds. The largest absolute Gasteiger partial charge is 0.384 e.